The number of carbonyl (C=O) groups is 4. The molecular weight excluding hydrogens is 853 g/mol. The van der Waals surface area contributed by atoms with Gasteiger partial charge in [-0.15, -0.1) is 0 Å². The van der Waals surface area contributed by atoms with Gasteiger partial charge in [0.1, 0.15) is 12.3 Å². The first-order valence-electron chi connectivity index (χ1n) is 23.2. The SMILES string of the molecule is C=C1c2cccc(NCCCOCCCN(C)CC3CCC(n4cc(NC(=O)c5coc(-c6ccnc(C[C@H]7CCCC[C@@H]7O)c6)n5)c(C(F)F)n4)CC3)c2C(=O)N1C1CCC(=O)NC1=O. The van der Waals surface area contributed by atoms with Crippen molar-refractivity contribution < 1.29 is 42.2 Å². The lowest BCUT2D eigenvalue weighted by atomic mass is 9.83. The van der Waals surface area contributed by atoms with Gasteiger partial charge >= 0.3 is 0 Å². The van der Waals surface area contributed by atoms with Crippen LogP contribution < -0.4 is 16.0 Å². The second-order valence-corrected chi connectivity index (χ2v) is 18.1. The molecule has 2 aliphatic heterocycles. The molecule has 4 N–H and O–H groups in total. The Hall–Kier alpha value is -5.85. The highest BCUT2D eigenvalue weighted by Crippen LogP contribution is 2.39. The second-order valence-electron chi connectivity index (χ2n) is 18.1. The predicted octanol–water partition coefficient (Wildman–Crippen LogP) is 7.02. The van der Waals surface area contributed by atoms with Crippen LogP contribution in [0.3, 0.4) is 0 Å². The molecule has 0 bridgehead atoms. The number of aliphatic hydroxyl groups is 1. The molecule has 0 radical (unpaired) electrons. The van der Waals surface area contributed by atoms with Crippen molar-refractivity contribution in [3.63, 3.8) is 0 Å². The summed E-state index contributed by atoms with van der Waals surface area (Å²) in [5.41, 5.74) is 3.10. The molecule has 0 spiro atoms. The highest BCUT2D eigenvalue weighted by atomic mass is 19.3. The van der Waals surface area contributed by atoms with Gasteiger partial charge in [-0.1, -0.05) is 31.6 Å². The topological polar surface area (TPSA) is 197 Å². The Bertz CT molecular complexity index is 2400. The smallest absolute Gasteiger partial charge is 0.284 e. The number of ether oxygens (including phenoxy) is 1. The number of aliphatic hydroxyl groups excluding tert-OH is 1. The maximum atomic E-state index is 14.2. The molecule has 2 saturated carbocycles. The average Bonchev–Trinajstić information content (AvgIpc) is 4.03. The molecule has 4 aliphatic rings. The van der Waals surface area contributed by atoms with Crippen LogP contribution in [0.1, 0.15) is 127 Å². The molecule has 1 unspecified atom stereocenters. The monoisotopic (exact) mass is 911 g/mol. The van der Waals surface area contributed by atoms with Gasteiger partial charge in [0.15, 0.2) is 11.4 Å². The van der Waals surface area contributed by atoms with Crippen LogP contribution in [0.4, 0.5) is 20.2 Å². The number of anilines is 2. The van der Waals surface area contributed by atoms with E-state index in [1.54, 1.807) is 16.9 Å². The highest BCUT2D eigenvalue weighted by Gasteiger charge is 2.42. The van der Waals surface area contributed by atoms with Crippen molar-refractivity contribution in [3.8, 4) is 11.5 Å². The number of nitrogens with zero attached hydrogens (tertiary/aromatic N) is 6. The Morgan fingerprint density at radius 3 is 2.65 bits per heavy atom. The number of hydrogen-bond acceptors (Lipinski definition) is 12. The van der Waals surface area contributed by atoms with Crippen molar-refractivity contribution in [1.82, 2.24) is 34.9 Å². The Morgan fingerprint density at radius 2 is 1.86 bits per heavy atom. The number of nitrogens with one attached hydrogen (secondary N) is 3. The zero-order valence-corrected chi connectivity index (χ0v) is 37.4. The summed E-state index contributed by atoms with van der Waals surface area (Å²) in [5.74, 6) is -1.01. The van der Waals surface area contributed by atoms with Gasteiger partial charge in [-0.3, -0.25) is 39.1 Å². The Kier molecular flexibility index (Phi) is 15.0. The van der Waals surface area contributed by atoms with E-state index >= 15 is 0 Å². The highest BCUT2D eigenvalue weighted by molar-refractivity contribution is 6.15. The van der Waals surface area contributed by atoms with Crippen molar-refractivity contribution in [1.29, 1.82) is 0 Å². The summed E-state index contributed by atoms with van der Waals surface area (Å²) in [6, 6.07) is 8.22. The first-order chi connectivity index (χ1) is 31.9. The number of benzene rings is 1. The average molecular weight is 912 g/mol. The van der Waals surface area contributed by atoms with Gasteiger partial charge in [0.2, 0.25) is 17.7 Å². The van der Waals surface area contributed by atoms with Crippen molar-refractivity contribution in [2.45, 2.75) is 108 Å². The lowest BCUT2D eigenvalue weighted by Gasteiger charge is -2.31. The number of pyridine rings is 1. The fraction of sp³-hybridized carbons (Fsp3) is 0.521. The van der Waals surface area contributed by atoms with Gasteiger partial charge < -0.3 is 29.8 Å². The van der Waals surface area contributed by atoms with E-state index in [0.717, 1.165) is 83.0 Å². The fourth-order valence-electron chi connectivity index (χ4n) is 9.83. The van der Waals surface area contributed by atoms with Gasteiger partial charge in [-0.2, -0.15) is 5.10 Å². The van der Waals surface area contributed by atoms with Crippen LogP contribution in [0.5, 0.6) is 0 Å². The fourth-order valence-corrected chi connectivity index (χ4v) is 9.83. The number of carbonyl (C=O) groups excluding carboxylic acids is 4. The molecule has 4 amide bonds. The molecule has 1 saturated heterocycles. The van der Waals surface area contributed by atoms with E-state index in [1.165, 1.54) is 17.4 Å². The van der Waals surface area contributed by atoms with Crippen LogP contribution in [0.2, 0.25) is 0 Å². The summed E-state index contributed by atoms with van der Waals surface area (Å²) in [6.07, 6.45) is 11.0. The van der Waals surface area contributed by atoms with Gasteiger partial charge in [0.25, 0.3) is 18.2 Å². The van der Waals surface area contributed by atoms with Crippen LogP contribution in [0.25, 0.3) is 17.2 Å². The van der Waals surface area contributed by atoms with E-state index in [0.29, 0.717) is 60.2 Å². The number of alkyl halides is 2. The normalized spacial score (nSPS) is 22.3. The number of halogens is 2. The Labute approximate surface area is 382 Å². The largest absolute Gasteiger partial charge is 0.444 e. The van der Waals surface area contributed by atoms with Crippen molar-refractivity contribution >= 4 is 40.7 Å². The van der Waals surface area contributed by atoms with E-state index in [1.807, 2.05) is 24.3 Å². The minimum absolute atomic E-state index is 0.0510. The number of piperidine rings is 1. The van der Waals surface area contributed by atoms with Crippen molar-refractivity contribution in [2.75, 3.05) is 50.5 Å². The maximum absolute atomic E-state index is 14.2. The van der Waals surface area contributed by atoms with Crippen molar-refractivity contribution in [2.24, 2.45) is 11.8 Å². The first kappa shape index (κ1) is 46.7. The molecule has 66 heavy (non-hydrogen) atoms. The first-order valence-corrected chi connectivity index (χ1v) is 23.2. The van der Waals surface area contributed by atoms with Crippen LogP contribution >= 0.6 is 0 Å². The summed E-state index contributed by atoms with van der Waals surface area (Å²) in [4.78, 5) is 63.4. The number of oxazole rings is 1. The van der Waals surface area contributed by atoms with Crippen LogP contribution in [-0.4, -0.2) is 110 Å². The van der Waals surface area contributed by atoms with E-state index < -0.39 is 30.0 Å². The van der Waals surface area contributed by atoms with E-state index in [9.17, 15) is 33.1 Å². The standard InChI is InChI=1S/C48H59F2N9O7/c1-29-35-9-5-10-36(42(35)48(64)59(29)39-16-17-41(61)55-46(39)63)52-19-6-22-65-23-7-21-57(2)26-30-12-14-34(15-13-30)58-27-37(43(56-58)44(49)50)53-45(62)38-28-66-47(54-38)32-18-20-51-33(25-32)24-31-8-3-4-11-40(31)60/h5,9-10,18,20,25,27-28,30-31,34,39-40,44,52,60H,1,3-4,6-8,11-17,19,21-24,26H2,2H3,(H,53,62)(H,55,61,63)/t30?,31-,34?,39?,40+/m1/s1. The maximum Gasteiger partial charge on any atom is 0.284 e. The number of hydrogen-bond donors (Lipinski definition) is 4. The third-order valence-corrected chi connectivity index (χ3v) is 13.3. The predicted molar refractivity (Wildman–Crippen MR) is 241 cm³/mol. The minimum atomic E-state index is -2.89. The summed E-state index contributed by atoms with van der Waals surface area (Å²) < 4.78 is 41.5. The van der Waals surface area contributed by atoms with Gasteiger partial charge in [-0.05, 0) is 101 Å². The molecule has 2 aliphatic carbocycles. The molecule has 352 valence electrons. The number of fused-ring (bicyclic) bond motifs is 1. The van der Waals surface area contributed by atoms with E-state index in [-0.39, 0.29) is 60.0 Å². The lowest BCUT2D eigenvalue weighted by Crippen LogP contribution is -2.52. The minimum Gasteiger partial charge on any atom is -0.444 e. The summed E-state index contributed by atoms with van der Waals surface area (Å²) in [7, 11) is 2.10. The zero-order chi connectivity index (χ0) is 46.3. The third-order valence-electron chi connectivity index (χ3n) is 13.3. The molecule has 4 aromatic rings. The summed E-state index contributed by atoms with van der Waals surface area (Å²) in [6.45, 7) is 7.60. The number of rotatable bonds is 19. The zero-order valence-electron chi connectivity index (χ0n) is 37.4. The third kappa shape index (κ3) is 10.9. The molecule has 5 heterocycles. The summed E-state index contributed by atoms with van der Waals surface area (Å²) in [5, 5.41) is 22.9. The van der Waals surface area contributed by atoms with Crippen molar-refractivity contribution in [3.05, 3.63) is 83.8 Å². The molecule has 16 nitrogen and oxygen atoms in total. The second kappa shape index (κ2) is 21.2. The molecule has 3 aromatic heterocycles. The molecule has 3 atom stereocenters. The molecule has 3 fully saturated rings. The van der Waals surface area contributed by atoms with Crippen LogP contribution in [-0.2, 0) is 20.7 Å². The van der Waals surface area contributed by atoms with Crippen LogP contribution in [0.15, 0.2) is 60.0 Å². The number of imide groups is 1. The Balaban J connectivity index is 0.732. The molecule has 1 aromatic carbocycles. The van der Waals surface area contributed by atoms with Gasteiger partial charge in [-0.25, -0.2) is 13.8 Å². The molecule has 8 rings (SSSR count). The quantitative estimate of drug-likeness (QED) is 0.0555. The van der Waals surface area contributed by atoms with Gasteiger partial charge in [0, 0.05) is 79.9 Å². The number of amides is 4. The lowest BCUT2D eigenvalue weighted by molar-refractivity contribution is -0.136. The Morgan fingerprint density at radius 1 is 1.06 bits per heavy atom. The molecule has 18 heteroatoms. The molecular formula is C48H59F2N9O7. The number of aromatic nitrogens is 4. The summed E-state index contributed by atoms with van der Waals surface area (Å²) >= 11 is 0. The van der Waals surface area contributed by atoms with Gasteiger partial charge in [0.05, 0.1) is 23.4 Å². The van der Waals surface area contributed by atoms with Crippen LogP contribution in [0, 0.1) is 11.8 Å². The van der Waals surface area contributed by atoms with E-state index in [2.05, 4.69) is 49.5 Å². The van der Waals surface area contributed by atoms with E-state index in [4.69, 9.17) is 9.15 Å².